The van der Waals surface area contributed by atoms with Crippen LogP contribution in [0.3, 0.4) is 0 Å². The van der Waals surface area contributed by atoms with Crippen molar-refractivity contribution < 1.29 is 18.0 Å². The van der Waals surface area contributed by atoms with Crippen molar-refractivity contribution in [3.63, 3.8) is 0 Å². The van der Waals surface area contributed by atoms with Gasteiger partial charge in [-0.1, -0.05) is 47.5 Å². The first-order chi connectivity index (χ1) is 18.1. The Morgan fingerprint density at radius 2 is 1.45 bits per heavy atom. The summed E-state index contributed by atoms with van der Waals surface area (Å²) in [6.07, 6.45) is 1.92. The average molecular weight is 554 g/mol. The maximum absolute atomic E-state index is 13.8. The van der Waals surface area contributed by atoms with Crippen molar-refractivity contribution in [2.45, 2.75) is 50.1 Å². The zero-order chi connectivity index (χ0) is 27.9. The second-order valence-corrected chi connectivity index (χ2v) is 11.8. The number of nitrogens with one attached hydrogen (secondary N) is 1. The molecule has 0 saturated heterocycles. The van der Waals surface area contributed by atoms with Gasteiger partial charge in [-0.15, -0.1) is 11.8 Å². The van der Waals surface area contributed by atoms with Gasteiger partial charge in [-0.25, -0.2) is 8.42 Å². The van der Waals surface area contributed by atoms with E-state index in [9.17, 15) is 18.0 Å². The highest BCUT2D eigenvalue weighted by Crippen LogP contribution is 2.26. The summed E-state index contributed by atoms with van der Waals surface area (Å²) in [7, 11) is -4.08. The van der Waals surface area contributed by atoms with Crippen LogP contribution < -0.4 is 9.62 Å². The van der Waals surface area contributed by atoms with Gasteiger partial charge in [0.1, 0.15) is 12.6 Å². The lowest BCUT2D eigenvalue weighted by atomic mass is 10.1. The molecular weight excluding hydrogens is 518 g/mol. The number of anilines is 1. The van der Waals surface area contributed by atoms with Gasteiger partial charge in [0.05, 0.1) is 10.6 Å². The van der Waals surface area contributed by atoms with Gasteiger partial charge in [0, 0.05) is 18.0 Å². The maximum Gasteiger partial charge on any atom is 0.264 e. The molecule has 0 unspecified atom stereocenters. The number of amides is 2. The van der Waals surface area contributed by atoms with Crippen LogP contribution in [0.15, 0.2) is 82.6 Å². The van der Waals surface area contributed by atoms with E-state index in [0.29, 0.717) is 12.2 Å². The van der Waals surface area contributed by atoms with E-state index >= 15 is 0 Å². The zero-order valence-electron chi connectivity index (χ0n) is 22.5. The third kappa shape index (κ3) is 7.17. The number of nitrogens with zero attached hydrogens (tertiary/aromatic N) is 2. The van der Waals surface area contributed by atoms with Crippen LogP contribution in [0.2, 0.25) is 0 Å². The number of aryl methyl sites for hydroxylation is 2. The molecule has 2 amide bonds. The molecule has 0 aromatic heterocycles. The number of benzene rings is 3. The molecule has 38 heavy (non-hydrogen) atoms. The van der Waals surface area contributed by atoms with Crippen molar-refractivity contribution in [2.24, 2.45) is 0 Å². The fourth-order valence-electron chi connectivity index (χ4n) is 3.91. The summed E-state index contributed by atoms with van der Waals surface area (Å²) in [5.41, 5.74) is 3.26. The standard InChI is InChI=1S/C29H35N3O4S2/c1-6-30-29(34)23(4)31(19-24-11-7-21(2)8-12-24)28(33)20-32(25-13-9-22(3)10-14-25)38(35,36)27-17-15-26(37-5)16-18-27/h7-18,23H,6,19-20H2,1-5H3,(H,30,34)/t23-/m1/s1. The molecule has 202 valence electrons. The second-order valence-electron chi connectivity index (χ2n) is 9.10. The van der Waals surface area contributed by atoms with Gasteiger partial charge >= 0.3 is 0 Å². The van der Waals surface area contributed by atoms with E-state index < -0.39 is 28.5 Å². The van der Waals surface area contributed by atoms with Crippen molar-refractivity contribution in [2.75, 3.05) is 23.7 Å². The molecule has 1 atom stereocenters. The topological polar surface area (TPSA) is 86.8 Å². The van der Waals surface area contributed by atoms with E-state index in [4.69, 9.17) is 0 Å². The smallest absolute Gasteiger partial charge is 0.264 e. The van der Waals surface area contributed by atoms with E-state index in [0.717, 1.165) is 25.9 Å². The molecule has 0 bridgehead atoms. The van der Waals surface area contributed by atoms with Crippen molar-refractivity contribution in [3.05, 3.63) is 89.5 Å². The third-order valence-electron chi connectivity index (χ3n) is 6.24. The SMILES string of the molecule is CCNC(=O)[C@@H](C)N(Cc1ccc(C)cc1)C(=O)CN(c1ccc(C)cc1)S(=O)(=O)c1ccc(SC)cc1. The highest BCUT2D eigenvalue weighted by Gasteiger charge is 2.32. The maximum atomic E-state index is 13.8. The molecule has 0 radical (unpaired) electrons. The predicted octanol–water partition coefficient (Wildman–Crippen LogP) is 4.77. The molecule has 0 aliphatic rings. The molecule has 9 heteroatoms. The fraction of sp³-hybridized carbons (Fsp3) is 0.310. The summed E-state index contributed by atoms with van der Waals surface area (Å²) >= 11 is 1.51. The lowest BCUT2D eigenvalue weighted by Crippen LogP contribution is -2.51. The summed E-state index contributed by atoms with van der Waals surface area (Å²) in [5, 5.41) is 2.77. The molecule has 0 spiro atoms. The Kier molecular flexibility index (Phi) is 9.99. The molecule has 0 heterocycles. The molecule has 3 aromatic rings. The summed E-state index contributed by atoms with van der Waals surface area (Å²) in [5.74, 6) is -0.778. The van der Waals surface area contributed by atoms with Gasteiger partial charge < -0.3 is 10.2 Å². The normalized spacial score (nSPS) is 12.0. The number of carbonyl (C=O) groups excluding carboxylic acids is 2. The minimum Gasteiger partial charge on any atom is -0.355 e. The van der Waals surface area contributed by atoms with Crippen LogP contribution in [0, 0.1) is 13.8 Å². The first-order valence-corrected chi connectivity index (χ1v) is 15.1. The number of hydrogen-bond acceptors (Lipinski definition) is 5. The second kappa shape index (κ2) is 13.0. The predicted molar refractivity (Wildman–Crippen MR) is 154 cm³/mol. The van der Waals surface area contributed by atoms with Crippen molar-refractivity contribution in [1.82, 2.24) is 10.2 Å². The minimum atomic E-state index is -4.08. The van der Waals surface area contributed by atoms with Crippen molar-refractivity contribution in [3.8, 4) is 0 Å². The van der Waals surface area contributed by atoms with Crippen LogP contribution in [0.25, 0.3) is 0 Å². The first kappa shape index (κ1) is 29.3. The van der Waals surface area contributed by atoms with Crippen molar-refractivity contribution in [1.29, 1.82) is 0 Å². The van der Waals surface area contributed by atoms with Gasteiger partial charge in [-0.3, -0.25) is 13.9 Å². The Labute approximate surface area is 230 Å². The number of carbonyl (C=O) groups is 2. The number of sulfonamides is 1. The molecule has 3 aromatic carbocycles. The lowest BCUT2D eigenvalue weighted by molar-refractivity contribution is -0.139. The van der Waals surface area contributed by atoms with E-state index in [1.165, 1.54) is 16.7 Å². The fourth-order valence-corrected chi connectivity index (χ4v) is 5.73. The van der Waals surface area contributed by atoms with Gasteiger partial charge in [0.15, 0.2) is 0 Å². The Balaban J connectivity index is 2.01. The summed E-state index contributed by atoms with van der Waals surface area (Å²) < 4.78 is 28.8. The molecule has 0 aliphatic carbocycles. The van der Waals surface area contributed by atoms with Crippen LogP contribution in [0.4, 0.5) is 5.69 Å². The van der Waals surface area contributed by atoms with E-state index in [1.54, 1.807) is 55.5 Å². The Morgan fingerprint density at radius 1 is 0.895 bits per heavy atom. The van der Waals surface area contributed by atoms with Gasteiger partial charge in [0.2, 0.25) is 11.8 Å². The number of rotatable bonds is 11. The number of hydrogen-bond donors (Lipinski definition) is 1. The monoisotopic (exact) mass is 553 g/mol. The van der Waals surface area contributed by atoms with E-state index in [2.05, 4.69) is 5.32 Å². The van der Waals surface area contributed by atoms with Crippen LogP contribution in [0.1, 0.15) is 30.5 Å². The molecule has 0 saturated carbocycles. The Bertz CT molecular complexity index is 1340. The molecule has 0 fully saturated rings. The summed E-state index contributed by atoms with van der Waals surface area (Å²) in [6, 6.07) is 20.5. The molecular formula is C29H35N3O4S2. The minimum absolute atomic E-state index is 0.0885. The van der Waals surface area contributed by atoms with Crippen LogP contribution in [0.5, 0.6) is 0 Å². The first-order valence-electron chi connectivity index (χ1n) is 12.4. The van der Waals surface area contributed by atoms with E-state index in [-0.39, 0.29) is 17.3 Å². The largest absolute Gasteiger partial charge is 0.355 e. The highest BCUT2D eigenvalue weighted by atomic mass is 32.2. The number of likely N-dealkylation sites (N-methyl/N-ethyl adjacent to an activating group) is 1. The Morgan fingerprint density at radius 3 is 1.97 bits per heavy atom. The zero-order valence-corrected chi connectivity index (χ0v) is 24.1. The quantitative estimate of drug-likeness (QED) is 0.346. The molecule has 0 aliphatic heterocycles. The molecule has 3 rings (SSSR count). The molecule has 1 N–H and O–H groups in total. The van der Waals surface area contributed by atoms with Crippen LogP contribution >= 0.6 is 11.8 Å². The van der Waals surface area contributed by atoms with Crippen LogP contribution in [-0.4, -0.2) is 50.5 Å². The average Bonchev–Trinajstić information content (AvgIpc) is 2.91. The van der Waals surface area contributed by atoms with Crippen LogP contribution in [-0.2, 0) is 26.2 Å². The van der Waals surface area contributed by atoms with E-state index in [1.807, 2.05) is 51.3 Å². The van der Waals surface area contributed by atoms with Gasteiger partial charge in [-0.05, 0) is 75.9 Å². The van der Waals surface area contributed by atoms with Crippen molar-refractivity contribution >= 4 is 39.3 Å². The van der Waals surface area contributed by atoms with Gasteiger partial charge in [-0.2, -0.15) is 0 Å². The third-order valence-corrected chi connectivity index (χ3v) is 8.77. The summed E-state index contributed by atoms with van der Waals surface area (Å²) in [4.78, 5) is 29.1. The Hall–Kier alpha value is -3.30. The van der Waals surface area contributed by atoms with Gasteiger partial charge in [0.25, 0.3) is 10.0 Å². The highest BCUT2D eigenvalue weighted by molar-refractivity contribution is 7.98. The summed E-state index contributed by atoms with van der Waals surface area (Å²) in [6.45, 7) is 7.48. The molecule has 7 nitrogen and oxygen atoms in total. The number of thioether (sulfide) groups is 1. The lowest BCUT2D eigenvalue weighted by Gasteiger charge is -2.32.